The molecule has 0 bridgehead atoms. The fraction of sp³-hybridized carbons (Fsp3) is 0.800. The fourth-order valence-corrected chi connectivity index (χ4v) is 2.46. The van der Waals surface area contributed by atoms with Crippen LogP contribution >= 0.6 is 0 Å². The number of carboxylic acid groups (broad SMARTS) is 1. The Morgan fingerprint density at radius 1 is 1.05 bits per heavy atom. The average Bonchev–Trinajstić information content (AvgIpc) is 2.44. The maximum absolute atomic E-state index is 12.1. The van der Waals surface area contributed by atoms with Gasteiger partial charge in [0.15, 0.2) is 0 Å². The third kappa shape index (κ3) is 5.73. The van der Waals surface area contributed by atoms with E-state index in [2.05, 4.69) is 10.6 Å². The third-order valence-electron chi connectivity index (χ3n) is 3.88. The van der Waals surface area contributed by atoms with Crippen molar-refractivity contribution in [1.29, 1.82) is 0 Å². The number of nitrogens with one attached hydrogen (secondary N) is 2. The lowest BCUT2D eigenvalue weighted by atomic mass is 9.81. The standard InChI is InChI=1S/C15H26N2O4/c1-9(2)8-16-13(18)10(3)17-14(19)11-4-6-12(7-5-11)15(20)21/h9-12H,4-8H2,1-3H3,(H,16,18)(H,17,19)(H,20,21). The number of carboxylic acids is 1. The van der Waals surface area contributed by atoms with Crippen LogP contribution in [0.4, 0.5) is 0 Å². The van der Waals surface area contributed by atoms with Gasteiger partial charge in [-0.05, 0) is 38.5 Å². The molecule has 0 aliphatic heterocycles. The summed E-state index contributed by atoms with van der Waals surface area (Å²) in [5.41, 5.74) is 0. The third-order valence-corrected chi connectivity index (χ3v) is 3.88. The minimum atomic E-state index is -0.782. The van der Waals surface area contributed by atoms with Crippen molar-refractivity contribution in [3.63, 3.8) is 0 Å². The largest absolute Gasteiger partial charge is 0.481 e. The van der Waals surface area contributed by atoms with Gasteiger partial charge >= 0.3 is 5.97 Å². The molecule has 3 N–H and O–H groups in total. The predicted molar refractivity (Wildman–Crippen MR) is 78.5 cm³/mol. The Hall–Kier alpha value is -1.59. The van der Waals surface area contributed by atoms with Gasteiger partial charge in [-0.2, -0.15) is 0 Å². The zero-order valence-corrected chi connectivity index (χ0v) is 13.0. The van der Waals surface area contributed by atoms with Gasteiger partial charge in [-0.1, -0.05) is 13.8 Å². The van der Waals surface area contributed by atoms with Gasteiger partial charge in [-0.3, -0.25) is 14.4 Å². The summed E-state index contributed by atoms with van der Waals surface area (Å²) in [7, 11) is 0. The van der Waals surface area contributed by atoms with Crippen molar-refractivity contribution in [3.05, 3.63) is 0 Å². The molecule has 0 saturated heterocycles. The van der Waals surface area contributed by atoms with E-state index < -0.39 is 12.0 Å². The molecule has 1 aliphatic rings. The molecule has 0 radical (unpaired) electrons. The Labute approximate surface area is 125 Å². The minimum Gasteiger partial charge on any atom is -0.481 e. The van der Waals surface area contributed by atoms with E-state index in [4.69, 9.17) is 5.11 Å². The first-order valence-corrected chi connectivity index (χ1v) is 7.62. The first-order chi connectivity index (χ1) is 9.81. The molecule has 0 spiro atoms. The number of rotatable bonds is 6. The molecule has 1 fully saturated rings. The molecule has 21 heavy (non-hydrogen) atoms. The van der Waals surface area contributed by atoms with Crippen molar-refractivity contribution < 1.29 is 19.5 Å². The molecule has 1 aliphatic carbocycles. The van der Waals surface area contributed by atoms with Crippen LogP contribution in [0.5, 0.6) is 0 Å². The number of hydrogen-bond donors (Lipinski definition) is 3. The van der Waals surface area contributed by atoms with Gasteiger partial charge in [0.1, 0.15) is 6.04 Å². The van der Waals surface area contributed by atoms with Crippen LogP contribution in [0.1, 0.15) is 46.5 Å². The molecule has 6 nitrogen and oxygen atoms in total. The van der Waals surface area contributed by atoms with Gasteiger partial charge in [-0.25, -0.2) is 0 Å². The molecule has 0 heterocycles. The van der Waals surface area contributed by atoms with Crippen LogP contribution in [0.3, 0.4) is 0 Å². The topological polar surface area (TPSA) is 95.5 Å². The summed E-state index contributed by atoms with van der Waals surface area (Å²) in [6.07, 6.45) is 2.20. The summed E-state index contributed by atoms with van der Waals surface area (Å²) in [5.74, 6) is -1.26. The molecular formula is C15H26N2O4. The number of amides is 2. The van der Waals surface area contributed by atoms with Crippen molar-refractivity contribution in [2.24, 2.45) is 17.8 Å². The van der Waals surface area contributed by atoms with Crippen molar-refractivity contribution in [1.82, 2.24) is 10.6 Å². The van der Waals surface area contributed by atoms with Crippen molar-refractivity contribution in [3.8, 4) is 0 Å². The van der Waals surface area contributed by atoms with Crippen LogP contribution in [-0.2, 0) is 14.4 Å². The lowest BCUT2D eigenvalue weighted by Gasteiger charge is -2.26. The molecule has 0 aromatic carbocycles. The van der Waals surface area contributed by atoms with Crippen molar-refractivity contribution >= 4 is 17.8 Å². The molecule has 2 amide bonds. The van der Waals surface area contributed by atoms with E-state index >= 15 is 0 Å². The van der Waals surface area contributed by atoms with Crippen LogP contribution in [0.2, 0.25) is 0 Å². The highest BCUT2D eigenvalue weighted by Crippen LogP contribution is 2.29. The first kappa shape index (κ1) is 17.5. The Morgan fingerprint density at radius 2 is 1.57 bits per heavy atom. The van der Waals surface area contributed by atoms with E-state index in [0.717, 1.165) is 0 Å². The second-order valence-electron chi connectivity index (χ2n) is 6.26. The first-order valence-electron chi connectivity index (χ1n) is 7.62. The molecule has 0 aromatic heterocycles. The maximum atomic E-state index is 12.1. The number of aliphatic carboxylic acids is 1. The van der Waals surface area contributed by atoms with Gasteiger partial charge in [0.05, 0.1) is 5.92 Å². The molecular weight excluding hydrogens is 272 g/mol. The van der Waals surface area contributed by atoms with Gasteiger partial charge < -0.3 is 15.7 Å². The summed E-state index contributed by atoms with van der Waals surface area (Å²) in [4.78, 5) is 34.8. The van der Waals surface area contributed by atoms with Gasteiger partial charge in [0.2, 0.25) is 11.8 Å². The van der Waals surface area contributed by atoms with Crippen molar-refractivity contribution in [2.75, 3.05) is 6.54 Å². The van der Waals surface area contributed by atoms with Crippen LogP contribution in [0.15, 0.2) is 0 Å². The van der Waals surface area contributed by atoms with Crippen LogP contribution in [0.25, 0.3) is 0 Å². The van der Waals surface area contributed by atoms with E-state index in [1.54, 1.807) is 6.92 Å². The van der Waals surface area contributed by atoms with E-state index in [1.165, 1.54) is 0 Å². The van der Waals surface area contributed by atoms with Gasteiger partial charge in [-0.15, -0.1) is 0 Å². The van der Waals surface area contributed by atoms with E-state index in [1.807, 2.05) is 13.8 Å². The molecule has 1 rings (SSSR count). The number of carbonyl (C=O) groups excluding carboxylic acids is 2. The van der Waals surface area contributed by atoms with Crippen LogP contribution < -0.4 is 10.6 Å². The molecule has 6 heteroatoms. The highest BCUT2D eigenvalue weighted by atomic mass is 16.4. The summed E-state index contributed by atoms with van der Waals surface area (Å²) in [6, 6.07) is -0.562. The maximum Gasteiger partial charge on any atom is 0.306 e. The summed E-state index contributed by atoms with van der Waals surface area (Å²) in [5, 5.41) is 14.4. The second-order valence-corrected chi connectivity index (χ2v) is 6.26. The lowest BCUT2D eigenvalue weighted by Crippen LogP contribution is -2.47. The highest BCUT2D eigenvalue weighted by Gasteiger charge is 2.30. The quantitative estimate of drug-likeness (QED) is 0.685. The van der Waals surface area contributed by atoms with Gasteiger partial charge in [0, 0.05) is 12.5 Å². The monoisotopic (exact) mass is 298 g/mol. The lowest BCUT2D eigenvalue weighted by molar-refractivity contribution is -0.144. The van der Waals surface area contributed by atoms with Gasteiger partial charge in [0.25, 0.3) is 0 Å². The fourth-order valence-electron chi connectivity index (χ4n) is 2.46. The summed E-state index contributed by atoms with van der Waals surface area (Å²) < 4.78 is 0. The number of hydrogen-bond acceptors (Lipinski definition) is 3. The molecule has 120 valence electrons. The normalized spacial score (nSPS) is 23.4. The SMILES string of the molecule is CC(C)CNC(=O)C(C)NC(=O)C1CCC(C(=O)O)CC1. The summed E-state index contributed by atoms with van der Waals surface area (Å²) in [6.45, 7) is 6.26. The Balaban J connectivity index is 2.36. The van der Waals surface area contributed by atoms with Crippen molar-refractivity contribution in [2.45, 2.75) is 52.5 Å². The minimum absolute atomic E-state index is 0.147. The van der Waals surface area contributed by atoms with E-state index in [-0.39, 0.29) is 23.7 Å². The highest BCUT2D eigenvalue weighted by molar-refractivity contribution is 5.88. The number of carbonyl (C=O) groups is 3. The zero-order valence-electron chi connectivity index (χ0n) is 13.0. The Morgan fingerprint density at radius 3 is 2.05 bits per heavy atom. The van der Waals surface area contributed by atoms with E-state index in [0.29, 0.717) is 38.1 Å². The Kier molecular flexibility index (Phi) is 6.65. The molecule has 0 aromatic rings. The van der Waals surface area contributed by atoms with Crippen LogP contribution in [0, 0.1) is 17.8 Å². The summed E-state index contributed by atoms with van der Waals surface area (Å²) >= 11 is 0. The second kappa shape index (κ2) is 8.00. The van der Waals surface area contributed by atoms with Crippen LogP contribution in [-0.4, -0.2) is 35.5 Å². The molecule has 1 unspecified atom stereocenters. The average molecular weight is 298 g/mol. The van der Waals surface area contributed by atoms with E-state index in [9.17, 15) is 14.4 Å². The predicted octanol–water partition coefficient (Wildman–Crippen LogP) is 1.15. The molecule has 1 saturated carbocycles. The Bertz CT molecular complexity index is 387. The molecule has 1 atom stereocenters. The zero-order chi connectivity index (χ0) is 16.0. The smallest absolute Gasteiger partial charge is 0.306 e.